The van der Waals surface area contributed by atoms with Crippen LogP contribution in [0.25, 0.3) is 0 Å². The summed E-state index contributed by atoms with van der Waals surface area (Å²) in [5.74, 6) is -10.4. The third-order valence-corrected chi connectivity index (χ3v) is 7.74. The molecule has 2 amide bonds. The summed E-state index contributed by atoms with van der Waals surface area (Å²) in [7, 11) is 0. The lowest BCUT2D eigenvalue weighted by atomic mass is 9.59. The van der Waals surface area contributed by atoms with Crippen molar-refractivity contribution in [2.24, 2.45) is 23.3 Å². The van der Waals surface area contributed by atoms with Gasteiger partial charge < -0.3 is 37.2 Å². The van der Waals surface area contributed by atoms with Crippen molar-refractivity contribution in [2.45, 2.75) is 38.3 Å². The van der Waals surface area contributed by atoms with Crippen LogP contribution in [0.1, 0.15) is 36.2 Å². The standard InChI is InChI=1S/C25H29FN4O8/c1-3-30(4-2)8-14(31)29-13-7-12(26)10-5-9-6-11-18(27)21(34)17(24(28)37)23(36)25(11,38)22(35)15(9)20(33)16(10)19(13)32/h7,9,11,18,32,34-35,38H,3-6,8,27H2,1-2H3,(H2,28,37)(H,29,31)/t9-,11-,18-,25-/m0/s1. The number of carbonyl (C=O) groups is 4. The van der Waals surface area contributed by atoms with Gasteiger partial charge in [-0.2, -0.15) is 0 Å². The SMILES string of the molecule is CCN(CC)CC(=O)Nc1cc(F)c2c(c1O)C(=O)C1=C(O)[C@]3(O)C(=O)C(C(N)=O)=C(O)[C@@H](N)[C@@H]3C[C@@H]1C2. The first kappa shape index (κ1) is 27.2. The smallest absolute Gasteiger partial charge is 0.255 e. The van der Waals surface area contributed by atoms with Gasteiger partial charge in [-0.3, -0.25) is 24.1 Å². The fraction of sp³-hybridized carbons (Fsp3) is 0.440. The zero-order chi connectivity index (χ0) is 28.3. The highest BCUT2D eigenvalue weighted by Gasteiger charge is 2.62. The van der Waals surface area contributed by atoms with Crippen LogP contribution >= 0.6 is 0 Å². The number of nitrogens with two attached hydrogens (primary N) is 2. The number of allylic oxidation sites excluding steroid dienone is 1. The number of Topliss-reactive ketones (excluding diaryl/α,β-unsaturated/α-hetero) is 2. The Morgan fingerprint density at radius 2 is 1.84 bits per heavy atom. The number of ketones is 2. The van der Waals surface area contributed by atoms with E-state index in [1.54, 1.807) is 4.90 Å². The average Bonchev–Trinajstić information content (AvgIpc) is 2.85. The van der Waals surface area contributed by atoms with Crippen LogP contribution in [-0.2, 0) is 20.8 Å². The van der Waals surface area contributed by atoms with Crippen LogP contribution in [0.15, 0.2) is 28.7 Å². The first-order valence-corrected chi connectivity index (χ1v) is 12.1. The molecule has 0 aliphatic heterocycles. The van der Waals surface area contributed by atoms with E-state index in [1.807, 2.05) is 13.8 Å². The van der Waals surface area contributed by atoms with Crippen LogP contribution in [0.5, 0.6) is 5.75 Å². The summed E-state index contributed by atoms with van der Waals surface area (Å²) in [6, 6.07) is -0.610. The largest absolute Gasteiger partial charge is 0.510 e. The number of fused-ring (bicyclic) bond motifs is 3. The van der Waals surface area contributed by atoms with Gasteiger partial charge in [0.2, 0.25) is 11.7 Å². The molecule has 4 rings (SSSR count). The van der Waals surface area contributed by atoms with Crippen molar-refractivity contribution in [2.75, 3.05) is 25.0 Å². The Kier molecular flexibility index (Phi) is 6.80. The van der Waals surface area contributed by atoms with Crippen molar-refractivity contribution in [3.8, 4) is 5.75 Å². The number of hydrogen-bond acceptors (Lipinski definition) is 10. The lowest BCUT2D eigenvalue weighted by Gasteiger charge is -2.47. The number of anilines is 1. The number of rotatable bonds is 6. The van der Waals surface area contributed by atoms with Crippen molar-refractivity contribution in [1.82, 2.24) is 4.90 Å². The minimum absolute atomic E-state index is 0.0492. The lowest BCUT2D eigenvalue weighted by Crippen LogP contribution is -2.63. The maximum absolute atomic E-state index is 15.2. The lowest BCUT2D eigenvalue weighted by molar-refractivity contribution is -0.145. The van der Waals surface area contributed by atoms with Gasteiger partial charge in [0.25, 0.3) is 5.91 Å². The molecule has 0 radical (unpaired) electrons. The van der Waals surface area contributed by atoms with Gasteiger partial charge in [0.05, 0.1) is 23.8 Å². The highest BCUT2D eigenvalue weighted by molar-refractivity contribution is 6.25. The number of phenols is 1. The molecule has 12 nitrogen and oxygen atoms in total. The molecular weight excluding hydrogens is 503 g/mol. The van der Waals surface area contributed by atoms with Gasteiger partial charge in [-0.05, 0) is 31.8 Å². The molecule has 3 aliphatic carbocycles. The molecule has 0 heterocycles. The number of aromatic hydroxyl groups is 1. The number of phenolic OH excluding ortho intramolecular Hbond substituents is 1. The molecule has 0 unspecified atom stereocenters. The fourth-order valence-electron chi connectivity index (χ4n) is 5.67. The van der Waals surface area contributed by atoms with Gasteiger partial charge in [0, 0.05) is 23.1 Å². The van der Waals surface area contributed by atoms with Gasteiger partial charge in [-0.1, -0.05) is 13.8 Å². The molecule has 0 saturated heterocycles. The molecule has 0 saturated carbocycles. The second kappa shape index (κ2) is 9.49. The first-order valence-electron chi connectivity index (χ1n) is 12.1. The maximum atomic E-state index is 15.2. The Morgan fingerprint density at radius 3 is 2.42 bits per heavy atom. The summed E-state index contributed by atoms with van der Waals surface area (Å²) in [6.45, 7) is 4.78. The molecule has 204 valence electrons. The molecule has 0 bridgehead atoms. The number of hydrogen-bond donors (Lipinski definition) is 7. The van der Waals surface area contributed by atoms with E-state index >= 15 is 4.39 Å². The minimum Gasteiger partial charge on any atom is -0.510 e. The van der Waals surface area contributed by atoms with Crippen LogP contribution < -0.4 is 16.8 Å². The second-order valence-corrected chi connectivity index (χ2v) is 9.70. The van der Waals surface area contributed by atoms with E-state index in [4.69, 9.17) is 11.5 Å². The summed E-state index contributed by atoms with van der Waals surface area (Å²) >= 11 is 0. The van der Waals surface area contributed by atoms with Crippen molar-refractivity contribution < 1.29 is 44.0 Å². The van der Waals surface area contributed by atoms with E-state index in [-0.39, 0.29) is 30.6 Å². The number of aliphatic hydroxyl groups excluding tert-OH is 2. The Labute approximate surface area is 216 Å². The summed E-state index contributed by atoms with van der Waals surface area (Å²) in [4.78, 5) is 52.6. The molecule has 1 aromatic carbocycles. The zero-order valence-electron chi connectivity index (χ0n) is 20.7. The maximum Gasteiger partial charge on any atom is 0.255 e. The predicted octanol–water partition coefficient (Wildman–Crippen LogP) is -0.0629. The average molecular weight is 533 g/mol. The number of halogens is 1. The second-order valence-electron chi connectivity index (χ2n) is 9.70. The Balaban J connectivity index is 1.80. The summed E-state index contributed by atoms with van der Waals surface area (Å²) < 4.78 is 15.2. The molecule has 9 N–H and O–H groups in total. The molecule has 3 aliphatic rings. The number of carbonyl (C=O) groups excluding carboxylic acids is 4. The van der Waals surface area contributed by atoms with E-state index in [0.29, 0.717) is 13.1 Å². The van der Waals surface area contributed by atoms with Gasteiger partial charge in [0.1, 0.15) is 22.9 Å². The highest BCUT2D eigenvalue weighted by Crippen LogP contribution is 2.52. The van der Waals surface area contributed by atoms with E-state index in [2.05, 4.69) is 5.32 Å². The van der Waals surface area contributed by atoms with Crippen molar-refractivity contribution in [3.05, 3.63) is 45.7 Å². The third-order valence-electron chi connectivity index (χ3n) is 7.74. The van der Waals surface area contributed by atoms with E-state index in [9.17, 15) is 39.6 Å². The molecule has 1 aromatic rings. The Bertz CT molecular complexity index is 1330. The van der Waals surface area contributed by atoms with Crippen LogP contribution in [0.4, 0.5) is 10.1 Å². The molecular formula is C25H29FN4O8. The summed E-state index contributed by atoms with van der Waals surface area (Å²) in [5.41, 5.74) is 5.75. The van der Waals surface area contributed by atoms with E-state index < -0.39 is 86.7 Å². The summed E-state index contributed by atoms with van der Waals surface area (Å²) in [5, 5.41) is 46.0. The number of amides is 2. The summed E-state index contributed by atoms with van der Waals surface area (Å²) in [6.07, 6.45) is -0.471. The topological polar surface area (TPSA) is 217 Å². The van der Waals surface area contributed by atoms with Gasteiger partial charge in [-0.15, -0.1) is 0 Å². The minimum atomic E-state index is -2.86. The normalized spacial score (nSPS) is 26.7. The monoisotopic (exact) mass is 532 g/mol. The molecule has 0 aromatic heterocycles. The van der Waals surface area contributed by atoms with Crippen LogP contribution in [0.2, 0.25) is 0 Å². The predicted molar refractivity (Wildman–Crippen MR) is 131 cm³/mol. The zero-order valence-corrected chi connectivity index (χ0v) is 20.7. The first-order chi connectivity index (χ1) is 17.8. The molecule has 38 heavy (non-hydrogen) atoms. The number of aliphatic hydroxyl groups is 3. The van der Waals surface area contributed by atoms with Crippen LogP contribution in [-0.4, -0.2) is 80.0 Å². The number of primary amides is 1. The van der Waals surface area contributed by atoms with Crippen molar-refractivity contribution >= 4 is 29.1 Å². The Hall–Kier alpha value is -3.81. The van der Waals surface area contributed by atoms with E-state index in [0.717, 1.165) is 6.07 Å². The number of nitrogens with zero attached hydrogens (tertiary/aromatic N) is 1. The third kappa shape index (κ3) is 3.85. The van der Waals surface area contributed by atoms with Crippen LogP contribution in [0, 0.1) is 17.7 Å². The van der Waals surface area contributed by atoms with Gasteiger partial charge >= 0.3 is 0 Å². The molecule has 13 heteroatoms. The number of nitrogens with one attached hydrogen (secondary N) is 1. The number of likely N-dealkylation sites (N-methyl/N-ethyl adjacent to an activating group) is 1. The molecule has 0 fully saturated rings. The number of benzene rings is 1. The fourth-order valence-corrected chi connectivity index (χ4v) is 5.67. The molecule has 4 atom stereocenters. The van der Waals surface area contributed by atoms with Crippen LogP contribution in [0.3, 0.4) is 0 Å². The quantitative estimate of drug-likeness (QED) is 0.191. The highest BCUT2D eigenvalue weighted by atomic mass is 19.1. The van der Waals surface area contributed by atoms with Crippen molar-refractivity contribution in [3.63, 3.8) is 0 Å². The van der Waals surface area contributed by atoms with E-state index in [1.165, 1.54) is 0 Å². The Morgan fingerprint density at radius 1 is 1.21 bits per heavy atom. The van der Waals surface area contributed by atoms with Gasteiger partial charge in [-0.25, -0.2) is 4.39 Å². The van der Waals surface area contributed by atoms with Gasteiger partial charge in [0.15, 0.2) is 17.1 Å². The van der Waals surface area contributed by atoms with Crippen molar-refractivity contribution in [1.29, 1.82) is 0 Å². The molecule has 0 spiro atoms.